The van der Waals surface area contributed by atoms with Crippen LogP contribution in [0.5, 0.6) is 0 Å². The smallest absolute Gasteiger partial charge is 0.271 e. The van der Waals surface area contributed by atoms with Crippen LogP contribution in [0.4, 0.5) is 8.78 Å². The van der Waals surface area contributed by atoms with Crippen molar-refractivity contribution in [1.82, 2.24) is 15.1 Å². The van der Waals surface area contributed by atoms with Gasteiger partial charge >= 0.3 is 0 Å². The maximum atomic E-state index is 13.1. The number of rotatable bonds is 3. The zero-order valence-corrected chi connectivity index (χ0v) is 12.7. The van der Waals surface area contributed by atoms with E-state index in [1.54, 1.807) is 14.0 Å². The second-order valence-corrected chi connectivity index (χ2v) is 6.01. The van der Waals surface area contributed by atoms with Gasteiger partial charge in [-0.25, -0.2) is 8.78 Å². The van der Waals surface area contributed by atoms with Gasteiger partial charge in [-0.05, 0) is 19.8 Å². The number of alkyl halides is 2. The van der Waals surface area contributed by atoms with E-state index in [-0.39, 0.29) is 42.9 Å². The Morgan fingerprint density at radius 2 is 2.00 bits per heavy atom. The first kappa shape index (κ1) is 16.2. The Hall–Kier alpha value is -1.21. The fraction of sp³-hybridized carbons (Fsp3) is 0.692. The van der Waals surface area contributed by atoms with Gasteiger partial charge in [0.2, 0.25) is 5.92 Å². The second-order valence-electron chi connectivity index (χ2n) is 5.63. The van der Waals surface area contributed by atoms with Gasteiger partial charge in [0.05, 0.1) is 16.3 Å². The van der Waals surface area contributed by atoms with Gasteiger partial charge in [-0.1, -0.05) is 11.6 Å². The maximum Gasteiger partial charge on any atom is 0.271 e. The lowest BCUT2D eigenvalue weighted by molar-refractivity contribution is -0.101. The number of hydrogen-bond donors (Lipinski definition) is 2. The van der Waals surface area contributed by atoms with Gasteiger partial charge < -0.3 is 10.4 Å². The molecule has 118 valence electrons. The number of nitrogens with one attached hydrogen (secondary N) is 1. The minimum absolute atomic E-state index is 0.0432. The van der Waals surface area contributed by atoms with Crippen molar-refractivity contribution < 1.29 is 18.7 Å². The molecule has 21 heavy (non-hydrogen) atoms. The summed E-state index contributed by atoms with van der Waals surface area (Å²) in [5.74, 6) is -3.20. The van der Waals surface area contributed by atoms with Crippen LogP contribution in [0, 0.1) is 6.92 Å². The first-order valence-corrected chi connectivity index (χ1v) is 7.09. The maximum absolute atomic E-state index is 13.1. The van der Waals surface area contributed by atoms with Crippen molar-refractivity contribution >= 4 is 17.5 Å². The van der Waals surface area contributed by atoms with E-state index in [2.05, 4.69) is 10.4 Å². The van der Waals surface area contributed by atoms with E-state index in [1.165, 1.54) is 4.68 Å². The summed E-state index contributed by atoms with van der Waals surface area (Å²) in [4.78, 5) is 12.1. The number of amides is 1. The van der Waals surface area contributed by atoms with E-state index in [9.17, 15) is 18.7 Å². The topological polar surface area (TPSA) is 67.2 Å². The Labute approximate surface area is 126 Å². The SMILES string of the molecule is Cc1nn(C)c(C(=O)NCC2(O)CCC(F)(F)CC2)c1Cl. The predicted molar refractivity (Wildman–Crippen MR) is 73.7 cm³/mol. The molecule has 2 rings (SSSR count). The Morgan fingerprint density at radius 1 is 1.43 bits per heavy atom. The van der Waals surface area contributed by atoms with Crippen molar-refractivity contribution in [2.75, 3.05) is 6.54 Å². The largest absolute Gasteiger partial charge is 0.388 e. The first-order chi connectivity index (χ1) is 9.64. The molecule has 1 amide bonds. The van der Waals surface area contributed by atoms with E-state index in [0.717, 1.165) is 0 Å². The highest BCUT2D eigenvalue weighted by Gasteiger charge is 2.42. The van der Waals surface area contributed by atoms with Crippen LogP contribution in [0.3, 0.4) is 0 Å². The van der Waals surface area contributed by atoms with Crippen molar-refractivity contribution in [3.8, 4) is 0 Å². The minimum atomic E-state index is -2.72. The summed E-state index contributed by atoms with van der Waals surface area (Å²) >= 11 is 6.00. The van der Waals surface area contributed by atoms with E-state index in [1.807, 2.05) is 0 Å². The molecule has 0 radical (unpaired) electrons. The molecular weight excluding hydrogens is 304 g/mol. The first-order valence-electron chi connectivity index (χ1n) is 6.71. The lowest BCUT2D eigenvalue weighted by Gasteiger charge is -2.35. The molecule has 1 saturated carbocycles. The van der Waals surface area contributed by atoms with Gasteiger partial charge in [-0.15, -0.1) is 0 Å². The molecule has 0 saturated heterocycles. The number of halogens is 3. The van der Waals surface area contributed by atoms with E-state index < -0.39 is 17.4 Å². The van der Waals surface area contributed by atoms with Crippen molar-refractivity contribution in [2.45, 2.75) is 44.1 Å². The molecule has 0 aromatic carbocycles. The number of carbonyl (C=O) groups is 1. The third kappa shape index (κ3) is 3.52. The molecule has 0 unspecified atom stereocenters. The van der Waals surface area contributed by atoms with Crippen LogP contribution < -0.4 is 5.32 Å². The predicted octanol–water partition coefficient (Wildman–Crippen LogP) is 2.05. The van der Waals surface area contributed by atoms with E-state index >= 15 is 0 Å². The van der Waals surface area contributed by atoms with E-state index in [4.69, 9.17) is 11.6 Å². The summed E-state index contributed by atoms with van der Waals surface area (Å²) < 4.78 is 27.5. The molecule has 0 aliphatic heterocycles. The highest BCUT2D eigenvalue weighted by atomic mass is 35.5. The third-order valence-electron chi connectivity index (χ3n) is 3.85. The Kier molecular flexibility index (Phi) is 4.26. The fourth-order valence-corrected chi connectivity index (χ4v) is 2.71. The summed E-state index contributed by atoms with van der Waals surface area (Å²) in [6, 6.07) is 0. The molecule has 5 nitrogen and oxygen atoms in total. The number of aryl methyl sites for hydroxylation is 2. The monoisotopic (exact) mass is 321 g/mol. The molecule has 0 spiro atoms. The zero-order chi connectivity index (χ0) is 15.8. The lowest BCUT2D eigenvalue weighted by atomic mass is 9.83. The van der Waals surface area contributed by atoms with Gasteiger partial charge in [0.25, 0.3) is 5.91 Å². The molecular formula is C13H18ClF2N3O2. The summed E-state index contributed by atoms with van der Waals surface area (Å²) in [5.41, 5.74) is -0.573. The normalized spacial score (nSPS) is 20.3. The Morgan fingerprint density at radius 3 is 2.48 bits per heavy atom. The van der Waals surface area contributed by atoms with Crippen molar-refractivity contribution in [2.24, 2.45) is 7.05 Å². The lowest BCUT2D eigenvalue weighted by Crippen LogP contribution is -2.47. The average molecular weight is 322 g/mol. The van der Waals surface area contributed by atoms with Crippen molar-refractivity contribution in [1.29, 1.82) is 0 Å². The highest BCUT2D eigenvalue weighted by Crippen LogP contribution is 2.38. The number of hydrogen-bond acceptors (Lipinski definition) is 3. The molecule has 1 heterocycles. The minimum Gasteiger partial charge on any atom is -0.388 e. The van der Waals surface area contributed by atoms with Crippen LogP contribution in [0.15, 0.2) is 0 Å². The van der Waals surface area contributed by atoms with Crippen molar-refractivity contribution in [3.63, 3.8) is 0 Å². The molecule has 2 N–H and O–H groups in total. The number of carbonyl (C=O) groups excluding carboxylic acids is 1. The summed E-state index contributed by atoms with van der Waals surface area (Å²) in [6.07, 6.45) is -0.827. The standard InChI is InChI=1S/C13H18ClF2N3O2/c1-8-9(14)10(19(2)18-8)11(20)17-7-12(21)3-5-13(15,16)6-4-12/h21H,3-7H2,1-2H3,(H,17,20). The molecule has 1 aliphatic carbocycles. The molecule has 1 fully saturated rings. The Bertz CT molecular complexity index is 550. The number of nitrogens with zero attached hydrogens (tertiary/aromatic N) is 2. The van der Waals surface area contributed by atoms with Gasteiger partial charge in [0.15, 0.2) is 0 Å². The quantitative estimate of drug-likeness (QED) is 0.895. The third-order valence-corrected chi connectivity index (χ3v) is 4.31. The molecule has 0 atom stereocenters. The number of aromatic nitrogens is 2. The van der Waals surface area contributed by atoms with Gasteiger partial charge in [-0.2, -0.15) is 5.10 Å². The molecule has 0 bridgehead atoms. The highest BCUT2D eigenvalue weighted by molar-refractivity contribution is 6.34. The second kappa shape index (κ2) is 5.53. The van der Waals surface area contributed by atoms with Crippen LogP contribution in [0.2, 0.25) is 5.02 Å². The average Bonchev–Trinajstić information content (AvgIpc) is 2.65. The van der Waals surface area contributed by atoms with Crippen molar-refractivity contribution in [3.05, 3.63) is 16.4 Å². The molecule has 1 aliphatic rings. The Balaban J connectivity index is 1.98. The van der Waals surface area contributed by atoms with Gasteiger partial charge in [0.1, 0.15) is 5.69 Å². The van der Waals surface area contributed by atoms with Gasteiger partial charge in [0, 0.05) is 26.4 Å². The van der Waals surface area contributed by atoms with Crippen LogP contribution in [-0.2, 0) is 7.05 Å². The van der Waals surface area contributed by atoms with Crippen LogP contribution in [-0.4, -0.2) is 38.9 Å². The fourth-order valence-electron chi connectivity index (χ4n) is 2.47. The van der Waals surface area contributed by atoms with Crippen LogP contribution in [0.1, 0.15) is 41.9 Å². The van der Waals surface area contributed by atoms with E-state index in [0.29, 0.717) is 5.69 Å². The summed E-state index contributed by atoms with van der Waals surface area (Å²) in [7, 11) is 1.59. The zero-order valence-electron chi connectivity index (χ0n) is 11.9. The van der Waals surface area contributed by atoms with Gasteiger partial charge in [-0.3, -0.25) is 9.48 Å². The van der Waals surface area contributed by atoms with Crippen LogP contribution >= 0.6 is 11.6 Å². The molecule has 1 aromatic heterocycles. The molecule has 8 heteroatoms. The number of aliphatic hydroxyl groups is 1. The van der Waals surface area contributed by atoms with Crippen LogP contribution in [0.25, 0.3) is 0 Å². The summed E-state index contributed by atoms with van der Waals surface area (Å²) in [5, 5.41) is 17.1. The molecule has 1 aromatic rings. The summed E-state index contributed by atoms with van der Waals surface area (Å²) in [6.45, 7) is 1.60.